The summed E-state index contributed by atoms with van der Waals surface area (Å²) in [5.74, 6) is 3.10. The summed E-state index contributed by atoms with van der Waals surface area (Å²) in [6, 6.07) is 8.14. The predicted molar refractivity (Wildman–Crippen MR) is 91.9 cm³/mol. The molecular formula is C16H18ClN3OS. The van der Waals surface area contributed by atoms with E-state index >= 15 is 0 Å². The average Bonchev–Trinajstić information content (AvgIpc) is 3.08. The zero-order chi connectivity index (χ0) is 15.5. The lowest BCUT2D eigenvalue weighted by atomic mass is 10.2. The maximum atomic E-state index is 12.1. The van der Waals surface area contributed by atoms with Crippen molar-refractivity contribution in [3.05, 3.63) is 41.1 Å². The molecule has 0 bridgehead atoms. The van der Waals surface area contributed by atoms with E-state index in [9.17, 15) is 4.79 Å². The third kappa shape index (κ3) is 3.15. The van der Waals surface area contributed by atoms with Gasteiger partial charge in [0.15, 0.2) is 0 Å². The number of carbonyl (C=O) groups excluding carboxylic acids is 1. The summed E-state index contributed by atoms with van der Waals surface area (Å²) in [5, 5.41) is 7.72. The molecule has 22 heavy (non-hydrogen) atoms. The first kappa shape index (κ1) is 15.4. The largest absolute Gasteiger partial charge is 0.310 e. The third-order valence-electron chi connectivity index (χ3n) is 3.59. The van der Waals surface area contributed by atoms with Gasteiger partial charge in [0.25, 0.3) is 0 Å². The van der Waals surface area contributed by atoms with E-state index in [4.69, 9.17) is 16.7 Å². The van der Waals surface area contributed by atoms with Crippen LogP contribution in [0.3, 0.4) is 0 Å². The molecule has 116 valence electrons. The first-order valence-corrected chi connectivity index (χ1v) is 8.99. The Balaban J connectivity index is 1.95. The van der Waals surface area contributed by atoms with Crippen LogP contribution in [0.15, 0.2) is 24.3 Å². The number of aromatic nitrogens is 2. The Morgan fingerprint density at radius 1 is 1.45 bits per heavy atom. The number of anilines is 1. The van der Waals surface area contributed by atoms with Crippen molar-refractivity contribution >= 4 is 35.1 Å². The molecular weight excluding hydrogens is 318 g/mol. The molecule has 1 aromatic carbocycles. The maximum absolute atomic E-state index is 12.1. The van der Waals surface area contributed by atoms with Gasteiger partial charge in [0.1, 0.15) is 5.82 Å². The molecule has 1 N–H and O–H groups in total. The monoisotopic (exact) mass is 335 g/mol. The van der Waals surface area contributed by atoms with Crippen LogP contribution in [0.2, 0.25) is 0 Å². The van der Waals surface area contributed by atoms with Crippen LogP contribution in [-0.2, 0) is 16.3 Å². The van der Waals surface area contributed by atoms with Crippen LogP contribution in [0.5, 0.6) is 0 Å². The number of amides is 1. The van der Waals surface area contributed by atoms with Crippen molar-refractivity contribution < 1.29 is 4.79 Å². The quantitative estimate of drug-likeness (QED) is 0.843. The van der Waals surface area contributed by atoms with Crippen LogP contribution < -0.4 is 5.32 Å². The minimum absolute atomic E-state index is 0.00541. The highest BCUT2D eigenvalue weighted by atomic mass is 35.5. The Bertz CT molecular complexity index is 699. The van der Waals surface area contributed by atoms with E-state index in [-0.39, 0.29) is 5.91 Å². The Labute approximate surface area is 139 Å². The molecule has 0 aliphatic carbocycles. The lowest BCUT2D eigenvalue weighted by Gasteiger charge is -2.11. The predicted octanol–water partition coefficient (Wildman–Crippen LogP) is 3.89. The van der Waals surface area contributed by atoms with Gasteiger partial charge in [-0.25, -0.2) is 4.68 Å². The average molecular weight is 336 g/mol. The summed E-state index contributed by atoms with van der Waals surface area (Å²) in [4.78, 5) is 12.1. The number of fused-ring (bicyclic) bond motifs is 1. The number of alkyl halides is 1. The second kappa shape index (κ2) is 6.75. The van der Waals surface area contributed by atoms with Gasteiger partial charge >= 0.3 is 0 Å². The van der Waals surface area contributed by atoms with Crippen LogP contribution in [0.1, 0.15) is 29.7 Å². The second-order valence-electron chi connectivity index (χ2n) is 5.36. The highest BCUT2D eigenvalue weighted by molar-refractivity contribution is 7.98. The summed E-state index contributed by atoms with van der Waals surface area (Å²) in [6.45, 7) is 2.05. The van der Waals surface area contributed by atoms with Gasteiger partial charge in [-0.15, -0.1) is 11.6 Å². The van der Waals surface area contributed by atoms with E-state index in [0.717, 1.165) is 34.3 Å². The molecule has 4 nitrogen and oxygen atoms in total. The first-order chi connectivity index (χ1) is 10.7. The SMILES string of the molecule is Cc1cccc(-n2nc3c(c2NC(=O)CCCCl)CSC3)c1. The summed E-state index contributed by atoms with van der Waals surface area (Å²) >= 11 is 7.49. The molecule has 2 aromatic rings. The number of benzene rings is 1. The van der Waals surface area contributed by atoms with Crippen LogP contribution in [0, 0.1) is 6.92 Å². The highest BCUT2D eigenvalue weighted by Gasteiger charge is 2.24. The van der Waals surface area contributed by atoms with Crippen molar-refractivity contribution in [2.75, 3.05) is 11.2 Å². The first-order valence-electron chi connectivity index (χ1n) is 7.30. The fourth-order valence-electron chi connectivity index (χ4n) is 2.51. The molecule has 0 fully saturated rings. The third-order valence-corrected chi connectivity index (χ3v) is 4.83. The van der Waals surface area contributed by atoms with Crippen molar-refractivity contribution in [1.82, 2.24) is 9.78 Å². The molecule has 1 amide bonds. The maximum Gasteiger partial charge on any atom is 0.225 e. The summed E-state index contributed by atoms with van der Waals surface area (Å²) in [6.07, 6.45) is 1.12. The molecule has 3 rings (SSSR count). The van der Waals surface area contributed by atoms with Gasteiger partial charge in [-0.05, 0) is 31.0 Å². The lowest BCUT2D eigenvalue weighted by Crippen LogP contribution is -2.16. The Morgan fingerprint density at radius 2 is 2.32 bits per heavy atom. The van der Waals surface area contributed by atoms with Gasteiger partial charge in [0.2, 0.25) is 5.91 Å². The van der Waals surface area contributed by atoms with Gasteiger partial charge in [-0.1, -0.05) is 12.1 Å². The molecule has 2 heterocycles. The molecule has 0 spiro atoms. The van der Waals surface area contributed by atoms with Crippen molar-refractivity contribution in [3.63, 3.8) is 0 Å². The number of thioether (sulfide) groups is 1. The second-order valence-corrected chi connectivity index (χ2v) is 6.72. The van der Waals surface area contributed by atoms with E-state index in [1.54, 1.807) is 0 Å². The number of hydrogen-bond donors (Lipinski definition) is 1. The van der Waals surface area contributed by atoms with E-state index < -0.39 is 0 Å². The van der Waals surface area contributed by atoms with Crippen molar-refractivity contribution in [2.24, 2.45) is 0 Å². The summed E-state index contributed by atoms with van der Waals surface area (Å²) in [7, 11) is 0. The van der Waals surface area contributed by atoms with Gasteiger partial charge in [0.05, 0.1) is 11.4 Å². The van der Waals surface area contributed by atoms with Gasteiger partial charge in [-0.2, -0.15) is 16.9 Å². The number of nitrogens with one attached hydrogen (secondary N) is 1. The van der Waals surface area contributed by atoms with Crippen LogP contribution in [0.25, 0.3) is 5.69 Å². The smallest absolute Gasteiger partial charge is 0.225 e. The van der Waals surface area contributed by atoms with E-state index in [0.29, 0.717) is 18.7 Å². The van der Waals surface area contributed by atoms with E-state index in [1.807, 2.05) is 28.6 Å². The van der Waals surface area contributed by atoms with Gasteiger partial charge in [-0.3, -0.25) is 4.79 Å². The number of hydrogen-bond acceptors (Lipinski definition) is 3. The Kier molecular flexibility index (Phi) is 4.74. The van der Waals surface area contributed by atoms with Crippen LogP contribution >= 0.6 is 23.4 Å². The minimum atomic E-state index is -0.00541. The molecule has 0 radical (unpaired) electrons. The number of nitrogens with zero attached hydrogens (tertiary/aromatic N) is 2. The fourth-order valence-corrected chi connectivity index (χ4v) is 3.68. The number of halogens is 1. The molecule has 6 heteroatoms. The zero-order valence-corrected chi connectivity index (χ0v) is 14.0. The molecule has 0 unspecified atom stereocenters. The molecule has 0 saturated heterocycles. The van der Waals surface area contributed by atoms with Gasteiger partial charge in [0, 0.05) is 29.4 Å². The van der Waals surface area contributed by atoms with Gasteiger partial charge < -0.3 is 5.32 Å². The summed E-state index contributed by atoms with van der Waals surface area (Å²) in [5.41, 5.74) is 4.36. The molecule has 1 aromatic heterocycles. The molecule has 0 atom stereocenters. The fraction of sp³-hybridized carbons (Fsp3) is 0.375. The summed E-state index contributed by atoms with van der Waals surface area (Å²) < 4.78 is 1.86. The van der Waals surface area contributed by atoms with Crippen molar-refractivity contribution in [2.45, 2.75) is 31.3 Å². The topological polar surface area (TPSA) is 46.9 Å². The highest BCUT2D eigenvalue weighted by Crippen LogP contribution is 2.36. The number of rotatable bonds is 5. The Hall–Kier alpha value is -1.46. The Morgan fingerprint density at radius 3 is 3.09 bits per heavy atom. The minimum Gasteiger partial charge on any atom is -0.310 e. The normalized spacial score (nSPS) is 13.2. The van der Waals surface area contributed by atoms with Crippen molar-refractivity contribution in [1.29, 1.82) is 0 Å². The molecule has 1 aliphatic heterocycles. The zero-order valence-electron chi connectivity index (χ0n) is 12.4. The van der Waals surface area contributed by atoms with Crippen molar-refractivity contribution in [3.8, 4) is 5.69 Å². The lowest BCUT2D eigenvalue weighted by molar-refractivity contribution is -0.116. The molecule has 1 aliphatic rings. The van der Waals surface area contributed by atoms with Crippen LogP contribution in [-0.4, -0.2) is 21.6 Å². The standard InChI is InChI=1S/C16H18ClN3OS/c1-11-4-2-5-12(8-11)20-16(18-15(21)6-3-7-17)13-9-22-10-14(13)19-20/h2,4-5,8H,3,6-7,9-10H2,1H3,(H,18,21). The molecule has 0 saturated carbocycles. The van der Waals surface area contributed by atoms with E-state index in [1.165, 1.54) is 5.56 Å². The number of carbonyl (C=O) groups is 1. The number of aryl methyl sites for hydroxylation is 1. The van der Waals surface area contributed by atoms with Crippen LogP contribution in [0.4, 0.5) is 5.82 Å². The van der Waals surface area contributed by atoms with E-state index in [2.05, 4.69) is 24.4 Å².